The van der Waals surface area contributed by atoms with Crippen molar-refractivity contribution in [3.05, 3.63) is 63.1 Å². The van der Waals surface area contributed by atoms with Crippen LogP contribution in [-0.2, 0) is 6.42 Å². The first-order chi connectivity index (χ1) is 9.10. The number of hydrogen-bond donors (Lipinski definition) is 1. The van der Waals surface area contributed by atoms with Crippen molar-refractivity contribution in [2.24, 2.45) is 0 Å². The van der Waals surface area contributed by atoms with Gasteiger partial charge in [0.05, 0.1) is 5.02 Å². The fraction of sp³-hybridized carbons (Fsp3) is 0.133. The number of amides is 1. The molecule has 0 saturated heterocycles. The van der Waals surface area contributed by atoms with Crippen molar-refractivity contribution in [2.45, 2.75) is 13.3 Å². The highest BCUT2D eigenvalue weighted by Gasteiger charge is 2.07. The molecule has 0 aliphatic heterocycles. The molecule has 0 saturated carbocycles. The van der Waals surface area contributed by atoms with Crippen LogP contribution in [-0.4, -0.2) is 5.91 Å². The molecule has 98 valence electrons. The predicted octanol–water partition coefficient (Wildman–Crippen LogP) is 4.92. The highest BCUT2D eigenvalue weighted by molar-refractivity contribution is 9.10. The van der Waals surface area contributed by atoms with Crippen LogP contribution in [0.25, 0.3) is 0 Å². The van der Waals surface area contributed by atoms with Crippen LogP contribution in [0.4, 0.5) is 5.69 Å². The Kier molecular flexibility index (Phi) is 4.61. The topological polar surface area (TPSA) is 29.1 Å². The summed E-state index contributed by atoms with van der Waals surface area (Å²) in [6.45, 7) is 2.08. The molecule has 0 aliphatic rings. The van der Waals surface area contributed by atoms with E-state index in [4.69, 9.17) is 11.6 Å². The Morgan fingerprint density at radius 3 is 2.47 bits per heavy atom. The summed E-state index contributed by atoms with van der Waals surface area (Å²) in [5, 5.41) is 3.39. The highest BCUT2D eigenvalue weighted by atomic mass is 79.9. The van der Waals surface area contributed by atoms with Gasteiger partial charge in [-0.2, -0.15) is 0 Å². The Bertz CT molecular complexity index is 596. The monoisotopic (exact) mass is 337 g/mol. The molecular formula is C15H13BrClNO. The van der Waals surface area contributed by atoms with Gasteiger partial charge in [0.25, 0.3) is 5.91 Å². The maximum atomic E-state index is 12.0. The molecule has 2 aromatic rings. The van der Waals surface area contributed by atoms with Crippen LogP contribution < -0.4 is 5.32 Å². The predicted molar refractivity (Wildman–Crippen MR) is 82.9 cm³/mol. The number of halogens is 2. The van der Waals surface area contributed by atoms with E-state index in [1.165, 1.54) is 5.56 Å². The SMILES string of the molecule is CCc1ccc(C(=O)Nc2ccc(Br)c(Cl)c2)cc1. The molecule has 1 N–H and O–H groups in total. The maximum absolute atomic E-state index is 12.0. The standard InChI is InChI=1S/C15H13BrClNO/c1-2-10-3-5-11(6-4-10)15(19)18-12-7-8-13(16)14(17)9-12/h3-9H,2H2,1H3,(H,18,19). The molecule has 2 aromatic carbocycles. The first-order valence-corrected chi connectivity index (χ1v) is 7.12. The van der Waals surface area contributed by atoms with E-state index >= 15 is 0 Å². The average molecular weight is 339 g/mol. The quantitative estimate of drug-likeness (QED) is 0.846. The molecule has 4 heteroatoms. The number of rotatable bonds is 3. The molecule has 0 radical (unpaired) electrons. The molecule has 1 amide bonds. The molecule has 0 aromatic heterocycles. The molecule has 0 heterocycles. The van der Waals surface area contributed by atoms with E-state index in [1.807, 2.05) is 24.3 Å². The van der Waals surface area contributed by atoms with Gasteiger partial charge in [-0.15, -0.1) is 0 Å². The van der Waals surface area contributed by atoms with E-state index < -0.39 is 0 Å². The van der Waals surface area contributed by atoms with Crippen LogP contribution in [0.15, 0.2) is 46.9 Å². The summed E-state index contributed by atoms with van der Waals surface area (Å²) in [7, 11) is 0. The first-order valence-electron chi connectivity index (χ1n) is 5.95. The third-order valence-corrected chi connectivity index (χ3v) is 4.03. The van der Waals surface area contributed by atoms with Crippen molar-refractivity contribution in [3.63, 3.8) is 0 Å². The van der Waals surface area contributed by atoms with Gasteiger partial charge in [-0.05, 0) is 58.2 Å². The van der Waals surface area contributed by atoms with Crippen molar-refractivity contribution in [1.29, 1.82) is 0 Å². The summed E-state index contributed by atoms with van der Waals surface area (Å²) >= 11 is 9.30. The van der Waals surface area contributed by atoms with E-state index in [2.05, 4.69) is 28.2 Å². The number of carbonyl (C=O) groups excluding carboxylic acids is 1. The van der Waals surface area contributed by atoms with Gasteiger partial charge in [-0.1, -0.05) is 30.7 Å². The molecule has 2 nitrogen and oxygen atoms in total. The maximum Gasteiger partial charge on any atom is 0.255 e. The zero-order valence-electron chi connectivity index (χ0n) is 10.4. The lowest BCUT2D eigenvalue weighted by molar-refractivity contribution is 0.102. The summed E-state index contributed by atoms with van der Waals surface area (Å²) in [6.07, 6.45) is 0.963. The van der Waals surface area contributed by atoms with E-state index in [9.17, 15) is 4.79 Å². The van der Waals surface area contributed by atoms with E-state index in [1.54, 1.807) is 18.2 Å². The van der Waals surface area contributed by atoms with Crippen molar-refractivity contribution in [1.82, 2.24) is 0 Å². The van der Waals surface area contributed by atoms with Gasteiger partial charge < -0.3 is 5.32 Å². The largest absolute Gasteiger partial charge is 0.322 e. The van der Waals surface area contributed by atoms with Crippen LogP contribution in [0.3, 0.4) is 0 Å². The molecular weight excluding hydrogens is 326 g/mol. The Hall–Kier alpha value is -1.32. The molecule has 0 bridgehead atoms. The second-order valence-electron chi connectivity index (χ2n) is 4.13. The van der Waals surface area contributed by atoms with Gasteiger partial charge in [0.2, 0.25) is 0 Å². The number of anilines is 1. The molecule has 0 fully saturated rings. The molecule has 2 rings (SSSR count). The van der Waals surface area contributed by atoms with E-state index in [-0.39, 0.29) is 5.91 Å². The van der Waals surface area contributed by atoms with Gasteiger partial charge >= 0.3 is 0 Å². The number of hydrogen-bond acceptors (Lipinski definition) is 1. The minimum absolute atomic E-state index is 0.138. The van der Waals surface area contributed by atoms with Gasteiger partial charge in [0, 0.05) is 15.7 Å². The lowest BCUT2D eigenvalue weighted by Gasteiger charge is -2.07. The van der Waals surface area contributed by atoms with E-state index in [0.717, 1.165) is 10.9 Å². The number of benzene rings is 2. The summed E-state index contributed by atoms with van der Waals surface area (Å²) in [5.41, 5.74) is 2.53. The zero-order chi connectivity index (χ0) is 13.8. The molecule has 19 heavy (non-hydrogen) atoms. The van der Waals surface area contributed by atoms with Crippen LogP contribution in [0.2, 0.25) is 5.02 Å². The molecule has 0 atom stereocenters. The van der Waals surface area contributed by atoms with E-state index in [0.29, 0.717) is 16.3 Å². The normalized spacial score (nSPS) is 10.3. The molecule has 0 unspecified atom stereocenters. The van der Waals surface area contributed by atoms with Gasteiger partial charge in [0.15, 0.2) is 0 Å². The van der Waals surface area contributed by atoms with Crippen LogP contribution in [0.5, 0.6) is 0 Å². The minimum Gasteiger partial charge on any atom is -0.322 e. The fourth-order valence-electron chi connectivity index (χ4n) is 1.67. The van der Waals surface area contributed by atoms with Crippen LogP contribution in [0, 0.1) is 0 Å². The fourth-order valence-corrected chi connectivity index (χ4v) is 2.10. The number of nitrogens with one attached hydrogen (secondary N) is 1. The van der Waals surface area contributed by atoms with Crippen molar-refractivity contribution in [3.8, 4) is 0 Å². The Morgan fingerprint density at radius 1 is 1.21 bits per heavy atom. The summed E-state index contributed by atoms with van der Waals surface area (Å²) in [5.74, 6) is -0.138. The number of carbonyl (C=O) groups is 1. The van der Waals surface area contributed by atoms with Crippen LogP contribution in [0.1, 0.15) is 22.8 Å². The third kappa shape index (κ3) is 3.58. The molecule has 0 spiro atoms. The first kappa shape index (κ1) is 14.1. The van der Waals surface area contributed by atoms with Crippen molar-refractivity contribution >= 4 is 39.1 Å². The Balaban J connectivity index is 2.13. The Morgan fingerprint density at radius 2 is 1.89 bits per heavy atom. The van der Waals surface area contributed by atoms with Gasteiger partial charge in [-0.3, -0.25) is 4.79 Å². The highest BCUT2D eigenvalue weighted by Crippen LogP contribution is 2.25. The van der Waals surface area contributed by atoms with Crippen LogP contribution >= 0.6 is 27.5 Å². The summed E-state index contributed by atoms with van der Waals surface area (Å²) in [4.78, 5) is 12.0. The summed E-state index contributed by atoms with van der Waals surface area (Å²) in [6, 6.07) is 12.9. The number of aryl methyl sites for hydroxylation is 1. The third-order valence-electron chi connectivity index (χ3n) is 2.80. The minimum atomic E-state index is -0.138. The van der Waals surface area contributed by atoms with Gasteiger partial charge in [-0.25, -0.2) is 0 Å². The zero-order valence-corrected chi connectivity index (χ0v) is 12.8. The second kappa shape index (κ2) is 6.22. The van der Waals surface area contributed by atoms with Crippen molar-refractivity contribution in [2.75, 3.05) is 5.32 Å². The van der Waals surface area contributed by atoms with Crippen molar-refractivity contribution < 1.29 is 4.79 Å². The second-order valence-corrected chi connectivity index (χ2v) is 5.40. The average Bonchev–Trinajstić information content (AvgIpc) is 2.43. The summed E-state index contributed by atoms with van der Waals surface area (Å²) < 4.78 is 0.805. The van der Waals surface area contributed by atoms with Gasteiger partial charge in [0.1, 0.15) is 0 Å². The lowest BCUT2D eigenvalue weighted by atomic mass is 10.1. The molecule has 0 aliphatic carbocycles. The lowest BCUT2D eigenvalue weighted by Crippen LogP contribution is -2.11. The Labute approximate surface area is 125 Å². The smallest absolute Gasteiger partial charge is 0.255 e.